The molecule has 1 spiro atoms. The van der Waals surface area contributed by atoms with Crippen LogP contribution in [0.5, 0.6) is 5.75 Å². The Kier molecular flexibility index (Phi) is 10.8. The minimum absolute atomic E-state index is 0.0140. The van der Waals surface area contributed by atoms with E-state index in [0.29, 0.717) is 19.6 Å². The Labute approximate surface area is 310 Å². The van der Waals surface area contributed by atoms with Gasteiger partial charge in [-0.2, -0.15) is 0 Å². The van der Waals surface area contributed by atoms with E-state index in [-0.39, 0.29) is 48.1 Å². The lowest BCUT2D eigenvalue weighted by Crippen LogP contribution is -2.55. The van der Waals surface area contributed by atoms with E-state index in [9.17, 15) is 14.7 Å². The topological polar surface area (TPSA) is 94.6 Å². The van der Waals surface area contributed by atoms with E-state index in [4.69, 9.17) is 9.47 Å². The molecule has 0 aliphatic carbocycles. The molecule has 0 bridgehead atoms. The smallest absolute Gasteiger partial charge is 0.254 e. The molecule has 0 unspecified atom stereocenters. The largest absolute Gasteiger partial charge is 0.497 e. The normalized spacial score (nSPS) is 26.1. The lowest BCUT2D eigenvalue weighted by Gasteiger charge is -2.39. The summed E-state index contributed by atoms with van der Waals surface area (Å²) in [6, 6.07) is 27.3. The molecule has 3 aromatic rings. The monoisotopic (exact) mass is 724 g/mol. The maximum Gasteiger partial charge on any atom is 0.254 e. The van der Waals surface area contributed by atoms with Gasteiger partial charge in [-0.15, -0.1) is 0 Å². The third kappa shape index (κ3) is 6.90. The summed E-state index contributed by atoms with van der Waals surface area (Å²) >= 11 is 0. The van der Waals surface area contributed by atoms with Crippen molar-refractivity contribution in [2.24, 2.45) is 5.92 Å². The molecule has 0 radical (unpaired) electrons. The number of aryl methyl sites for hydroxylation is 1. The third-order valence-electron chi connectivity index (χ3n) is 12.8. The number of benzene rings is 3. The second kappa shape index (κ2) is 15.3. The highest BCUT2D eigenvalue weighted by atomic mass is 28.3. The fraction of sp³-hybridized carbons (Fsp3) is 0.524. The van der Waals surface area contributed by atoms with Crippen LogP contribution in [-0.2, 0) is 20.7 Å². The zero-order valence-corrected chi connectivity index (χ0v) is 32.3. The van der Waals surface area contributed by atoms with Gasteiger partial charge in [0.1, 0.15) is 11.3 Å². The fourth-order valence-corrected chi connectivity index (χ4v) is 13.9. The summed E-state index contributed by atoms with van der Waals surface area (Å²) in [6.07, 6.45) is 5.30. The van der Waals surface area contributed by atoms with Gasteiger partial charge in [0.05, 0.1) is 53.1 Å². The first kappa shape index (κ1) is 36.6. The van der Waals surface area contributed by atoms with Crippen LogP contribution in [0.4, 0.5) is 11.4 Å². The number of methoxy groups -OCH3 is 1. The molecule has 10 heteroatoms. The van der Waals surface area contributed by atoms with Gasteiger partial charge in [-0.05, 0) is 105 Å². The highest BCUT2D eigenvalue weighted by molar-refractivity contribution is 6.91. The predicted molar refractivity (Wildman–Crippen MR) is 209 cm³/mol. The van der Waals surface area contributed by atoms with E-state index in [1.165, 1.54) is 10.8 Å². The molecular formula is C42H56N4O5Si. The zero-order chi connectivity index (χ0) is 36.5. The van der Waals surface area contributed by atoms with Gasteiger partial charge in [0, 0.05) is 17.9 Å². The molecule has 2 amide bonds. The molecule has 0 saturated carbocycles. The number of carbonyl (C=O) groups is 2. The quantitative estimate of drug-likeness (QED) is 0.259. The van der Waals surface area contributed by atoms with Crippen molar-refractivity contribution >= 4 is 36.4 Å². The first-order chi connectivity index (χ1) is 25.2. The van der Waals surface area contributed by atoms with Crippen LogP contribution in [0.2, 0.25) is 18.6 Å². The summed E-state index contributed by atoms with van der Waals surface area (Å²) in [5.74, 6) is 1.41. The zero-order valence-electron chi connectivity index (χ0n) is 31.3. The molecule has 52 heavy (non-hydrogen) atoms. The standard InChI is InChI=1S/C42H56N4O5Si/c1-30-37(51-38(27-39(48)44-26-8-11-34(44)28-47)40(30)52(3,4)36-19-17-35(50-2)18-20-36)21-14-31-12-15-32(16-13-31)45-29-46(33-9-6-5-7-10-33)42(41(45)49)22-24-43-25-23-42/h5-7,9-10,12-13,15-20,30,34,37-38,40,43,47H,8,11,14,21-29H2,1-4H3/t30-,34-,37+,38-,40+/m0/s1. The van der Waals surface area contributed by atoms with E-state index in [1.54, 1.807) is 7.11 Å². The number of nitrogens with one attached hydrogen (secondary N) is 1. The van der Waals surface area contributed by atoms with Crippen molar-refractivity contribution in [3.63, 3.8) is 0 Å². The second-order valence-electron chi connectivity index (χ2n) is 15.9. The lowest BCUT2D eigenvalue weighted by atomic mass is 9.86. The fourth-order valence-electron chi connectivity index (χ4n) is 9.81. The number of aliphatic hydroxyl groups is 1. The van der Waals surface area contributed by atoms with Crippen LogP contribution in [0.3, 0.4) is 0 Å². The first-order valence-corrected chi connectivity index (χ1v) is 22.4. The molecule has 3 aromatic carbocycles. The van der Waals surface area contributed by atoms with Crippen LogP contribution in [0.25, 0.3) is 0 Å². The van der Waals surface area contributed by atoms with Crippen molar-refractivity contribution in [2.75, 3.05) is 49.8 Å². The summed E-state index contributed by atoms with van der Waals surface area (Å²) < 4.78 is 12.4. The van der Waals surface area contributed by atoms with Crippen LogP contribution in [0.15, 0.2) is 78.9 Å². The van der Waals surface area contributed by atoms with Crippen molar-refractivity contribution in [2.45, 2.75) is 94.3 Å². The number of likely N-dealkylation sites (tertiary alicyclic amines) is 1. The number of aliphatic hydroxyl groups excluding tert-OH is 1. The predicted octanol–water partition coefficient (Wildman–Crippen LogP) is 5.32. The van der Waals surface area contributed by atoms with Gasteiger partial charge in [0.15, 0.2) is 0 Å². The Morgan fingerprint density at radius 2 is 1.69 bits per heavy atom. The maximum absolute atomic E-state index is 14.2. The van der Waals surface area contributed by atoms with E-state index in [1.807, 2.05) is 40.1 Å². The number of piperidine rings is 1. The number of nitrogens with zero attached hydrogens (tertiary/aromatic N) is 3. The minimum Gasteiger partial charge on any atom is -0.497 e. The van der Waals surface area contributed by atoms with E-state index in [2.05, 4.69) is 78.8 Å². The molecule has 4 aliphatic rings. The molecule has 4 fully saturated rings. The van der Waals surface area contributed by atoms with Gasteiger partial charge in [0.2, 0.25) is 5.91 Å². The van der Waals surface area contributed by atoms with E-state index in [0.717, 1.165) is 68.7 Å². The van der Waals surface area contributed by atoms with Gasteiger partial charge in [-0.3, -0.25) is 14.5 Å². The number of hydrogen-bond acceptors (Lipinski definition) is 7. The Morgan fingerprint density at radius 3 is 2.37 bits per heavy atom. The molecule has 0 aromatic heterocycles. The summed E-state index contributed by atoms with van der Waals surface area (Å²) in [6.45, 7) is 10.1. The molecule has 7 rings (SSSR count). The van der Waals surface area contributed by atoms with Crippen molar-refractivity contribution in [3.05, 3.63) is 84.4 Å². The molecule has 2 N–H and O–H groups in total. The van der Waals surface area contributed by atoms with Crippen molar-refractivity contribution in [1.29, 1.82) is 0 Å². The molecule has 278 valence electrons. The number of rotatable bonds is 11. The van der Waals surface area contributed by atoms with Crippen molar-refractivity contribution in [3.8, 4) is 5.75 Å². The van der Waals surface area contributed by atoms with Gasteiger partial charge in [0.25, 0.3) is 5.91 Å². The van der Waals surface area contributed by atoms with Gasteiger partial charge < -0.3 is 29.7 Å². The lowest BCUT2D eigenvalue weighted by molar-refractivity contribution is -0.135. The van der Waals surface area contributed by atoms with E-state index >= 15 is 0 Å². The summed E-state index contributed by atoms with van der Waals surface area (Å²) in [7, 11) is -0.420. The maximum atomic E-state index is 14.2. The number of hydrogen-bond donors (Lipinski definition) is 2. The van der Waals surface area contributed by atoms with Crippen LogP contribution < -0.4 is 25.0 Å². The Hall–Kier alpha value is -3.70. The van der Waals surface area contributed by atoms with Gasteiger partial charge in [-0.1, -0.05) is 67.7 Å². The van der Waals surface area contributed by atoms with Gasteiger partial charge in [-0.25, -0.2) is 0 Å². The van der Waals surface area contributed by atoms with Crippen LogP contribution >= 0.6 is 0 Å². The second-order valence-corrected chi connectivity index (χ2v) is 20.6. The summed E-state index contributed by atoms with van der Waals surface area (Å²) in [5, 5.41) is 14.7. The van der Waals surface area contributed by atoms with Crippen molar-refractivity contribution < 1.29 is 24.2 Å². The number of amides is 2. The van der Waals surface area contributed by atoms with Crippen molar-refractivity contribution in [1.82, 2.24) is 10.2 Å². The van der Waals surface area contributed by atoms with Crippen LogP contribution in [-0.4, -0.2) is 93.7 Å². The average molecular weight is 725 g/mol. The Balaban J connectivity index is 1.06. The Morgan fingerprint density at radius 1 is 0.981 bits per heavy atom. The molecule has 9 nitrogen and oxygen atoms in total. The van der Waals surface area contributed by atoms with Crippen LogP contribution in [0.1, 0.15) is 51.0 Å². The van der Waals surface area contributed by atoms with Gasteiger partial charge >= 0.3 is 0 Å². The molecule has 4 saturated heterocycles. The molecule has 5 atom stereocenters. The number of anilines is 2. The Bertz CT molecular complexity index is 1680. The first-order valence-electron chi connectivity index (χ1n) is 19.3. The third-order valence-corrected chi connectivity index (χ3v) is 17.1. The van der Waals surface area contributed by atoms with Crippen LogP contribution in [0, 0.1) is 5.92 Å². The summed E-state index contributed by atoms with van der Waals surface area (Å²) in [4.78, 5) is 34.0. The number of para-hydroxylation sites is 1. The minimum atomic E-state index is -2.11. The highest BCUT2D eigenvalue weighted by Gasteiger charge is 2.54. The molecule has 4 aliphatic heterocycles. The number of ether oxygens (including phenoxy) is 2. The highest BCUT2D eigenvalue weighted by Crippen LogP contribution is 2.47. The molecule has 4 heterocycles. The summed E-state index contributed by atoms with van der Waals surface area (Å²) in [5.41, 5.74) is 2.97. The average Bonchev–Trinajstić information content (AvgIpc) is 3.86. The molecular weight excluding hydrogens is 669 g/mol. The SMILES string of the molecule is COc1ccc([Si](C)(C)[C@@H]2[C@@H](C)[C@@H](CCc3ccc(N4CN(c5ccccc5)C5(CCNCC5)C4=O)cc3)O[C@H]2CC(=O)N2CCC[C@H]2CO)cc1. The number of carbonyl (C=O) groups excluding carboxylic acids is 2. The van der Waals surface area contributed by atoms with E-state index < -0.39 is 13.6 Å².